The Balaban J connectivity index is 1.54. The minimum absolute atomic E-state index is 0.0233. The summed E-state index contributed by atoms with van der Waals surface area (Å²) >= 11 is 0. The largest absolute Gasteiger partial charge is 0.369 e. The number of aliphatic hydroxyl groups is 1. The lowest BCUT2D eigenvalue weighted by atomic mass is 9.86. The monoisotopic (exact) mass is 412 g/mol. The van der Waals surface area contributed by atoms with E-state index in [1.165, 1.54) is 21.5 Å². The Kier molecular flexibility index (Phi) is 5.23. The van der Waals surface area contributed by atoms with Gasteiger partial charge in [0.1, 0.15) is 0 Å². The van der Waals surface area contributed by atoms with Gasteiger partial charge in [-0.3, -0.25) is 0 Å². The molecule has 0 unspecified atom stereocenters. The summed E-state index contributed by atoms with van der Waals surface area (Å²) in [5.74, 6) is 6.53. The van der Waals surface area contributed by atoms with Gasteiger partial charge in [0.2, 0.25) is 0 Å². The fourth-order valence-electron chi connectivity index (χ4n) is 4.19. The highest BCUT2D eigenvalue weighted by Crippen LogP contribution is 2.30. The van der Waals surface area contributed by atoms with E-state index in [0.29, 0.717) is 0 Å². The van der Waals surface area contributed by atoms with Crippen LogP contribution in [-0.4, -0.2) is 5.11 Å². The lowest BCUT2D eigenvalue weighted by Gasteiger charge is -2.24. The third kappa shape index (κ3) is 3.78. The van der Waals surface area contributed by atoms with Crippen LogP contribution in [-0.2, 0) is 5.60 Å². The second kappa shape index (κ2) is 8.35. The summed E-state index contributed by atoms with van der Waals surface area (Å²) in [4.78, 5) is 0. The van der Waals surface area contributed by atoms with E-state index < -0.39 is 5.60 Å². The molecule has 0 aliphatic rings. The Labute approximate surface area is 189 Å². The van der Waals surface area contributed by atoms with Crippen molar-refractivity contribution in [3.63, 3.8) is 0 Å². The fraction of sp³-hybridized carbons (Fsp3) is 0.0968. The molecule has 0 fully saturated rings. The van der Waals surface area contributed by atoms with Crippen LogP contribution in [0.1, 0.15) is 29.5 Å². The molecule has 0 bridgehead atoms. The zero-order valence-electron chi connectivity index (χ0n) is 18.0. The molecule has 0 heterocycles. The summed E-state index contributed by atoms with van der Waals surface area (Å²) in [6.45, 7) is 2.09. The molecule has 5 rings (SSSR count). The Morgan fingerprint density at radius 2 is 1.09 bits per heavy atom. The van der Waals surface area contributed by atoms with Crippen LogP contribution in [0, 0.1) is 11.8 Å². The first kappa shape index (κ1) is 20.1. The van der Waals surface area contributed by atoms with Crippen LogP contribution in [0.25, 0.3) is 21.5 Å². The first-order valence-corrected chi connectivity index (χ1v) is 10.9. The van der Waals surface area contributed by atoms with Crippen molar-refractivity contribution in [3.8, 4) is 11.8 Å². The van der Waals surface area contributed by atoms with E-state index >= 15 is 0 Å². The summed E-state index contributed by atoms with van der Waals surface area (Å²) in [6, 6.07) is 38.7. The third-order valence-electron chi connectivity index (χ3n) is 6.08. The van der Waals surface area contributed by atoms with E-state index in [4.69, 9.17) is 0 Å². The highest BCUT2D eigenvalue weighted by Gasteiger charge is 2.29. The SMILES string of the molecule is C[C@@H](C#CC(O)(c1ccccc1)c1ccccc1)c1ccc2cc3ccccc3cc2c1. The van der Waals surface area contributed by atoms with Crippen molar-refractivity contribution in [2.24, 2.45) is 0 Å². The van der Waals surface area contributed by atoms with Gasteiger partial charge in [0, 0.05) is 17.0 Å². The second-order valence-electron chi connectivity index (χ2n) is 8.24. The summed E-state index contributed by atoms with van der Waals surface area (Å²) < 4.78 is 0. The van der Waals surface area contributed by atoms with Gasteiger partial charge in [0.15, 0.2) is 5.60 Å². The number of rotatable bonds is 3. The molecule has 0 saturated heterocycles. The first-order chi connectivity index (χ1) is 15.6. The van der Waals surface area contributed by atoms with Crippen LogP contribution in [0.3, 0.4) is 0 Å². The lowest BCUT2D eigenvalue weighted by Crippen LogP contribution is -2.25. The molecule has 0 saturated carbocycles. The first-order valence-electron chi connectivity index (χ1n) is 10.9. The average molecular weight is 413 g/mol. The van der Waals surface area contributed by atoms with E-state index in [0.717, 1.165) is 16.7 Å². The van der Waals surface area contributed by atoms with Gasteiger partial charge >= 0.3 is 0 Å². The predicted molar refractivity (Wildman–Crippen MR) is 134 cm³/mol. The highest BCUT2D eigenvalue weighted by atomic mass is 16.3. The van der Waals surface area contributed by atoms with Crippen molar-refractivity contribution in [1.29, 1.82) is 0 Å². The Morgan fingerprint density at radius 1 is 0.594 bits per heavy atom. The number of fused-ring (bicyclic) bond motifs is 2. The van der Waals surface area contributed by atoms with Gasteiger partial charge in [0.25, 0.3) is 0 Å². The quantitative estimate of drug-likeness (QED) is 0.249. The van der Waals surface area contributed by atoms with Crippen LogP contribution in [0.5, 0.6) is 0 Å². The van der Waals surface area contributed by atoms with E-state index in [-0.39, 0.29) is 5.92 Å². The Hall–Kier alpha value is -3.86. The van der Waals surface area contributed by atoms with E-state index in [2.05, 4.69) is 73.4 Å². The third-order valence-corrected chi connectivity index (χ3v) is 6.08. The molecule has 0 aliphatic carbocycles. The zero-order chi connectivity index (χ0) is 22.0. The molecule has 0 radical (unpaired) electrons. The van der Waals surface area contributed by atoms with Crippen LogP contribution in [0.4, 0.5) is 0 Å². The average Bonchev–Trinajstić information content (AvgIpc) is 2.86. The fourth-order valence-corrected chi connectivity index (χ4v) is 4.19. The van der Waals surface area contributed by atoms with Gasteiger partial charge in [-0.05, 0) is 52.2 Å². The molecule has 1 nitrogen and oxygen atoms in total. The van der Waals surface area contributed by atoms with Gasteiger partial charge in [-0.2, -0.15) is 0 Å². The summed E-state index contributed by atoms with van der Waals surface area (Å²) in [5.41, 5.74) is 1.33. The standard InChI is InChI=1S/C31H24O/c1-23(24-16-17-27-21-25-10-8-9-11-26(25)22-28(27)20-24)18-19-31(32,29-12-4-2-5-13-29)30-14-6-3-7-15-30/h2-17,20-23,32H,1H3/t23-/m0/s1. The predicted octanol–water partition coefficient (Wildman–Crippen LogP) is 7.04. The molecule has 5 aromatic carbocycles. The molecule has 1 N–H and O–H groups in total. The van der Waals surface area contributed by atoms with Crippen molar-refractivity contribution in [3.05, 3.63) is 132 Å². The maximum absolute atomic E-state index is 11.7. The molecule has 1 atom stereocenters. The second-order valence-corrected chi connectivity index (χ2v) is 8.24. The molecule has 0 aliphatic heterocycles. The van der Waals surface area contributed by atoms with Crippen LogP contribution < -0.4 is 0 Å². The summed E-state index contributed by atoms with van der Waals surface area (Å²) in [6.07, 6.45) is 0. The molecular formula is C31H24O. The molecule has 0 aromatic heterocycles. The van der Waals surface area contributed by atoms with Crippen molar-refractivity contribution in [1.82, 2.24) is 0 Å². The minimum atomic E-state index is -1.36. The van der Waals surface area contributed by atoms with E-state index in [9.17, 15) is 5.11 Å². The maximum atomic E-state index is 11.7. The molecule has 1 heteroatoms. The maximum Gasteiger partial charge on any atom is 0.176 e. The van der Waals surface area contributed by atoms with Gasteiger partial charge in [-0.25, -0.2) is 0 Å². The van der Waals surface area contributed by atoms with E-state index in [1.807, 2.05) is 60.7 Å². The Morgan fingerprint density at radius 3 is 1.69 bits per heavy atom. The van der Waals surface area contributed by atoms with Gasteiger partial charge < -0.3 is 5.11 Å². The van der Waals surface area contributed by atoms with Crippen LogP contribution in [0.2, 0.25) is 0 Å². The van der Waals surface area contributed by atoms with Crippen molar-refractivity contribution in [2.75, 3.05) is 0 Å². The van der Waals surface area contributed by atoms with Crippen molar-refractivity contribution in [2.45, 2.75) is 18.4 Å². The molecule has 32 heavy (non-hydrogen) atoms. The van der Waals surface area contributed by atoms with Crippen LogP contribution >= 0.6 is 0 Å². The zero-order valence-corrected chi connectivity index (χ0v) is 18.0. The minimum Gasteiger partial charge on any atom is -0.369 e. The van der Waals surface area contributed by atoms with Gasteiger partial charge in [0.05, 0.1) is 0 Å². The molecule has 0 amide bonds. The molecule has 154 valence electrons. The normalized spacial score (nSPS) is 12.3. The summed E-state index contributed by atoms with van der Waals surface area (Å²) in [7, 11) is 0. The lowest BCUT2D eigenvalue weighted by molar-refractivity contribution is 0.145. The van der Waals surface area contributed by atoms with E-state index in [1.54, 1.807) is 0 Å². The number of hydrogen-bond acceptors (Lipinski definition) is 1. The van der Waals surface area contributed by atoms with Gasteiger partial charge in [-0.15, -0.1) is 0 Å². The number of hydrogen-bond donors (Lipinski definition) is 1. The van der Waals surface area contributed by atoms with Gasteiger partial charge in [-0.1, -0.05) is 109 Å². The van der Waals surface area contributed by atoms with Crippen molar-refractivity contribution >= 4 is 21.5 Å². The molecular weight excluding hydrogens is 388 g/mol. The van der Waals surface area contributed by atoms with Crippen molar-refractivity contribution < 1.29 is 5.11 Å². The van der Waals surface area contributed by atoms with Crippen LogP contribution in [0.15, 0.2) is 115 Å². The molecule has 0 spiro atoms. The summed E-state index contributed by atoms with van der Waals surface area (Å²) in [5, 5.41) is 16.6. The highest BCUT2D eigenvalue weighted by molar-refractivity contribution is 5.98. The smallest absolute Gasteiger partial charge is 0.176 e. The Bertz CT molecular complexity index is 1400. The number of benzene rings is 5. The topological polar surface area (TPSA) is 20.2 Å². The molecule has 5 aromatic rings.